The first kappa shape index (κ1) is 50.5. The van der Waals surface area contributed by atoms with Crippen molar-refractivity contribution in [1.82, 2.24) is 25.8 Å². The van der Waals surface area contributed by atoms with Crippen LogP contribution in [0.1, 0.15) is 121 Å². The molecule has 67 heavy (non-hydrogen) atoms. The van der Waals surface area contributed by atoms with Crippen LogP contribution in [0.25, 0.3) is 11.3 Å². The fourth-order valence-corrected chi connectivity index (χ4v) is 9.85. The van der Waals surface area contributed by atoms with Gasteiger partial charge in [0.05, 0.1) is 51.9 Å². The second kappa shape index (κ2) is 21.4. The van der Waals surface area contributed by atoms with Gasteiger partial charge in [0.2, 0.25) is 17.7 Å². The third-order valence-electron chi connectivity index (χ3n) is 13.1. The van der Waals surface area contributed by atoms with Gasteiger partial charge < -0.3 is 39.5 Å². The second-order valence-corrected chi connectivity index (χ2v) is 20.4. The molecule has 358 valence electrons. The topological polar surface area (TPSA) is 189 Å². The number of carbonyl (C=O) groups is 4. The van der Waals surface area contributed by atoms with E-state index in [1.165, 1.54) is 6.39 Å². The van der Waals surface area contributed by atoms with Gasteiger partial charge in [0.25, 0.3) is 11.7 Å². The minimum Gasteiger partial charge on any atom is -0.580 e. The molecule has 4 amide bonds. The zero-order chi connectivity index (χ0) is 48.7. The number of nitrogens with zero attached hydrogens (tertiary/aromatic N) is 3. The Hall–Kier alpha value is -5.91. The molecule has 15 heteroatoms. The molecule has 3 atom stereocenters. The Morgan fingerprint density at radius 3 is 2.28 bits per heavy atom. The molecular formula is C52H66ClN6O8+. The molecule has 1 aromatic heterocycles. The van der Waals surface area contributed by atoms with Crippen molar-refractivity contribution in [2.45, 2.75) is 125 Å². The molecule has 3 aromatic carbocycles. The Kier molecular flexibility index (Phi) is 16.1. The molecule has 2 fully saturated rings. The van der Waals surface area contributed by atoms with Gasteiger partial charge in [-0.05, 0) is 115 Å². The van der Waals surface area contributed by atoms with Crippen LogP contribution >= 0.6 is 11.6 Å². The number of likely N-dealkylation sites (tertiary alicyclic amines) is 1. The quantitative estimate of drug-likeness (QED) is 0.0611. The lowest BCUT2D eigenvalue weighted by Gasteiger charge is -2.60. The van der Waals surface area contributed by atoms with E-state index in [0.717, 1.165) is 36.1 Å². The lowest BCUT2D eigenvalue weighted by molar-refractivity contribution is -0.245. The van der Waals surface area contributed by atoms with E-state index in [1.54, 1.807) is 47.4 Å². The molecule has 1 aliphatic heterocycles. The Morgan fingerprint density at radius 1 is 0.970 bits per heavy atom. The summed E-state index contributed by atoms with van der Waals surface area (Å²) in [5, 5.41) is 18.8. The largest absolute Gasteiger partial charge is 0.580 e. The van der Waals surface area contributed by atoms with Gasteiger partial charge in [-0.2, -0.15) is 5.26 Å². The highest BCUT2D eigenvalue weighted by Gasteiger charge is 2.67. The fraction of sp³-hybridized carbons (Fsp3) is 0.500. The van der Waals surface area contributed by atoms with Crippen LogP contribution in [0.4, 0.5) is 0 Å². The third kappa shape index (κ3) is 12.0. The smallest absolute Gasteiger partial charge is 0.256 e. The number of aromatic nitrogens is 1. The van der Waals surface area contributed by atoms with E-state index in [1.807, 2.05) is 58.9 Å². The number of aryl methyl sites for hydroxylation is 1. The summed E-state index contributed by atoms with van der Waals surface area (Å²) in [4.78, 5) is 59.8. The molecule has 0 unspecified atom stereocenters. The van der Waals surface area contributed by atoms with E-state index in [2.05, 4.69) is 54.7 Å². The monoisotopic (exact) mass is 937 g/mol. The van der Waals surface area contributed by atoms with Gasteiger partial charge in [-0.3, -0.25) is 19.2 Å². The number of halogens is 1. The standard InChI is InChI=1S/C52H65ClN6O8/c1-32(34-15-17-35(18-16-34)43-33(2)55-31-66-43)56-46(62)41-14-13-25-59(41)47(63)44(50(3,4)5)57-42(60)30-64-26-11-10-12-27-65-38-22-19-36(20-23-38)45(61)58-48-51(6,7)49(52(48,8)9)67-39-24-21-37(29-54)40(53)28-39/h15-24,28,31-32,41,44,48-49H,10-14,25-27,30H2,1-9H3,(H,56,62)(H,57,60)(H,58,61)/p+1/t32-,41-,44+,48?,49?/m0/s1. The van der Waals surface area contributed by atoms with Crippen molar-refractivity contribution < 1.29 is 37.8 Å². The highest BCUT2D eigenvalue weighted by molar-refractivity contribution is 6.31. The highest BCUT2D eigenvalue weighted by Crippen LogP contribution is 2.56. The fourth-order valence-electron chi connectivity index (χ4n) is 9.64. The van der Waals surface area contributed by atoms with Crippen LogP contribution in [0, 0.1) is 34.5 Å². The van der Waals surface area contributed by atoms with Crippen molar-refractivity contribution in [1.29, 1.82) is 5.26 Å². The van der Waals surface area contributed by atoms with Crippen LogP contribution in [0.15, 0.2) is 77.5 Å². The maximum Gasteiger partial charge on any atom is 0.256 e. The molecular weight excluding hydrogens is 872 g/mol. The number of hydrogen-bond acceptors (Lipinski definition) is 9. The first-order valence-electron chi connectivity index (χ1n) is 23.1. The zero-order valence-corrected chi connectivity index (χ0v) is 41.0. The second-order valence-electron chi connectivity index (χ2n) is 20.0. The molecule has 1 saturated heterocycles. The summed E-state index contributed by atoms with van der Waals surface area (Å²) in [6.07, 6.45) is 4.86. The van der Waals surface area contributed by atoms with E-state index in [9.17, 15) is 24.4 Å². The van der Waals surface area contributed by atoms with Crippen LogP contribution in [0.2, 0.25) is 5.02 Å². The lowest BCUT2D eigenvalue weighted by Crippen LogP contribution is -2.74. The summed E-state index contributed by atoms with van der Waals surface area (Å²) in [6, 6.07) is 20.2. The SMILES string of the molecule is Cc1ncoc1-c1ccc([C@H](C)NC(=O)[C@@H]2CCCN2C(=O)[C@@H](NC(=O)COCCCCCOc2ccc(C(=O)NC3C(C)(C)C([OH+]c4ccc(C#N)c(Cl)c4)C3(C)C)cc2)C(C)(C)C)cc1. The average molecular weight is 939 g/mol. The van der Waals surface area contributed by atoms with Crippen LogP contribution in [-0.4, -0.2) is 88.8 Å². The Balaban J connectivity index is 0.876. The molecule has 6 rings (SSSR count). The van der Waals surface area contributed by atoms with Crippen molar-refractivity contribution in [2.24, 2.45) is 16.2 Å². The molecule has 0 radical (unpaired) electrons. The zero-order valence-electron chi connectivity index (χ0n) is 40.2. The minimum atomic E-state index is -0.846. The van der Waals surface area contributed by atoms with Crippen molar-refractivity contribution in [3.8, 4) is 28.9 Å². The number of aromatic hydroxyl groups is 1. The van der Waals surface area contributed by atoms with Crippen molar-refractivity contribution >= 4 is 35.2 Å². The van der Waals surface area contributed by atoms with Gasteiger partial charge >= 0.3 is 0 Å². The third-order valence-corrected chi connectivity index (χ3v) is 13.4. The first-order chi connectivity index (χ1) is 31.7. The molecule has 2 aliphatic rings. The van der Waals surface area contributed by atoms with Gasteiger partial charge in [-0.15, -0.1) is 0 Å². The van der Waals surface area contributed by atoms with E-state index >= 15 is 0 Å². The predicted molar refractivity (Wildman–Crippen MR) is 256 cm³/mol. The first-order valence-corrected chi connectivity index (χ1v) is 23.5. The normalized spacial score (nSPS) is 19.3. The van der Waals surface area contributed by atoms with Crippen molar-refractivity contribution in [3.05, 3.63) is 101 Å². The number of ether oxygens (including phenoxy) is 3. The molecule has 1 saturated carbocycles. The van der Waals surface area contributed by atoms with Crippen LogP contribution in [0.5, 0.6) is 11.5 Å². The summed E-state index contributed by atoms with van der Waals surface area (Å²) < 4.78 is 22.1. The van der Waals surface area contributed by atoms with E-state index < -0.39 is 23.4 Å². The van der Waals surface area contributed by atoms with E-state index in [0.29, 0.717) is 66.0 Å². The molecule has 4 aromatic rings. The number of rotatable bonds is 19. The Labute approximate surface area is 399 Å². The van der Waals surface area contributed by atoms with Gasteiger partial charge in [0, 0.05) is 30.3 Å². The Bertz CT molecular complexity index is 2400. The summed E-state index contributed by atoms with van der Waals surface area (Å²) in [7, 11) is 0. The minimum absolute atomic E-state index is 0.0831. The van der Waals surface area contributed by atoms with Crippen LogP contribution in [0.3, 0.4) is 0 Å². The lowest BCUT2D eigenvalue weighted by atomic mass is 9.49. The summed E-state index contributed by atoms with van der Waals surface area (Å²) in [5.41, 5.74) is 2.28. The molecule has 14 nitrogen and oxygen atoms in total. The highest BCUT2D eigenvalue weighted by atomic mass is 35.5. The number of amides is 4. The number of oxazole rings is 1. The van der Waals surface area contributed by atoms with Gasteiger partial charge in [0.15, 0.2) is 18.3 Å². The predicted octanol–water partition coefficient (Wildman–Crippen LogP) is 8.61. The number of carbonyl (C=O) groups excluding carboxylic acids is 4. The molecule has 2 heterocycles. The summed E-state index contributed by atoms with van der Waals surface area (Å²) >= 11 is 6.26. The number of unbranched alkanes of at least 4 members (excludes halogenated alkanes) is 2. The van der Waals surface area contributed by atoms with E-state index in [-0.39, 0.29) is 53.3 Å². The van der Waals surface area contributed by atoms with Crippen LogP contribution in [-0.2, 0) is 19.1 Å². The van der Waals surface area contributed by atoms with Crippen molar-refractivity contribution in [2.75, 3.05) is 26.4 Å². The molecule has 0 spiro atoms. The number of aliphatic hydroxyl groups is 1. The van der Waals surface area contributed by atoms with Gasteiger partial charge in [-0.1, -0.05) is 56.6 Å². The number of hydrogen-bond donors (Lipinski definition) is 3. The van der Waals surface area contributed by atoms with Gasteiger partial charge in [-0.25, -0.2) is 4.98 Å². The summed E-state index contributed by atoms with van der Waals surface area (Å²) in [6.45, 7) is 18.9. The molecule has 1 aliphatic carbocycles. The number of nitriles is 1. The maximum atomic E-state index is 14.0. The number of benzene rings is 3. The van der Waals surface area contributed by atoms with Crippen molar-refractivity contribution in [3.63, 3.8) is 0 Å². The molecule has 0 bridgehead atoms. The van der Waals surface area contributed by atoms with Crippen LogP contribution < -0.4 is 20.7 Å². The average Bonchev–Trinajstić information content (AvgIpc) is 3.96. The maximum absolute atomic E-state index is 14.0. The Morgan fingerprint density at radius 2 is 1.66 bits per heavy atom. The summed E-state index contributed by atoms with van der Waals surface area (Å²) in [5.74, 6) is 0.990. The number of nitrogens with one attached hydrogen (secondary N) is 3. The van der Waals surface area contributed by atoms with Gasteiger partial charge in [0.1, 0.15) is 30.5 Å². The molecule has 4 N–H and O–H groups in total. The van der Waals surface area contributed by atoms with E-state index in [4.69, 9.17) is 30.2 Å².